The minimum absolute atomic E-state index is 0.990. The predicted octanol–water partition coefficient (Wildman–Crippen LogP) is 3.36. The molecule has 0 aliphatic carbocycles. The van der Waals surface area contributed by atoms with Crippen molar-refractivity contribution >= 4 is 27.7 Å². The van der Waals surface area contributed by atoms with Gasteiger partial charge in [-0.05, 0) is 33.6 Å². The monoisotopic (exact) mass is 221 g/mol. The number of allylic oxidation sites excluding steroid dienone is 2. The molecule has 60 valence electrons. The first-order chi connectivity index (χ1) is 5.86. The Morgan fingerprint density at radius 3 is 2.92 bits per heavy atom. The van der Waals surface area contributed by atoms with Crippen molar-refractivity contribution in [3.8, 4) is 0 Å². The highest BCUT2D eigenvalue weighted by molar-refractivity contribution is 9.11. The summed E-state index contributed by atoms with van der Waals surface area (Å²) in [5.41, 5.74) is 2.34. The fraction of sp³-hybridized carbons (Fsp3) is 0. The van der Waals surface area contributed by atoms with Gasteiger partial charge < -0.3 is 5.32 Å². The maximum Gasteiger partial charge on any atom is 0.0824 e. The molecule has 1 N–H and O–H groups in total. The van der Waals surface area contributed by atoms with E-state index < -0.39 is 0 Å². The summed E-state index contributed by atoms with van der Waals surface area (Å²) >= 11 is 3.41. The van der Waals surface area contributed by atoms with E-state index in [1.807, 2.05) is 24.3 Å². The number of rotatable bonds is 0. The number of halogens is 1. The van der Waals surface area contributed by atoms with Gasteiger partial charge in [-0.15, -0.1) is 0 Å². The lowest BCUT2D eigenvalue weighted by molar-refractivity contribution is 1.56. The maximum absolute atomic E-state index is 3.41. The third-order valence-corrected chi connectivity index (χ3v) is 2.20. The molecule has 0 unspecified atom stereocenters. The summed E-state index contributed by atoms with van der Waals surface area (Å²) in [7, 11) is 0. The van der Waals surface area contributed by atoms with Gasteiger partial charge in [-0.1, -0.05) is 30.4 Å². The van der Waals surface area contributed by atoms with Crippen LogP contribution in [0.25, 0.3) is 6.08 Å². The summed E-state index contributed by atoms with van der Waals surface area (Å²) in [5, 5.41) is 3.24. The average Bonchev–Trinajstić information content (AvgIpc) is 2.25. The van der Waals surface area contributed by atoms with Gasteiger partial charge in [0.2, 0.25) is 0 Å². The first kappa shape index (κ1) is 7.62. The smallest absolute Gasteiger partial charge is 0.0824 e. The summed E-state index contributed by atoms with van der Waals surface area (Å²) in [6.07, 6.45) is 6.08. The van der Waals surface area contributed by atoms with E-state index in [-0.39, 0.29) is 0 Å². The molecule has 2 rings (SSSR count). The minimum Gasteiger partial charge on any atom is -0.349 e. The Bertz CT molecular complexity index is 353. The van der Waals surface area contributed by atoms with Crippen molar-refractivity contribution in [2.75, 3.05) is 5.32 Å². The van der Waals surface area contributed by atoms with Crippen LogP contribution in [-0.2, 0) is 0 Å². The van der Waals surface area contributed by atoms with Gasteiger partial charge >= 0.3 is 0 Å². The van der Waals surface area contributed by atoms with E-state index in [0.717, 1.165) is 10.3 Å². The van der Waals surface area contributed by atoms with Gasteiger partial charge in [0.05, 0.1) is 4.61 Å². The summed E-state index contributed by atoms with van der Waals surface area (Å²) in [6.45, 7) is 0. The Morgan fingerprint density at radius 2 is 2.00 bits per heavy atom. The molecule has 1 aromatic carbocycles. The molecule has 1 nitrogen and oxygen atoms in total. The van der Waals surface area contributed by atoms with Crippen LogP contribution in [0.3, 0.4) is 0 Å². The fourth-order valence-corrected chi connectivity index (χ4v) is 1.53. The number of nitrogens with one attached hydrogen (secondary N) is 1. The van der Waals surface area contributed by atoms with Crippen molar-refractivity contribution in [2.45, 2.75) is 0 Å². The van der Waals surface area contributed by atoms with Gasteiger partial charge in [0.15, 0.2) is 0 Å². The quantitative estimate of drug-likeness (QED) is 0.663. The molecule has 0 fully saturated rings. The van der Waals surface area contributed by atoms with Gasteiger partial charge in [0, 0.05) is 5.69 Å². The fourth-order valence-electron chi connectivity index (χ4n) is 1.16. The van der Waals surface area contributed by atoms with Crippen molar-refractivity contribution in [3.63, 3.8) is 0 Å². The van der Waals surface area contributed by atoms with Crippen molar-refractivity contribution in [3.05, 3.63) is 46.6 Å². The van der Waals surface area contributed by atoms with Crippen LogP contribution in [0.1, 0.15) is 5.56 Å². The lowest BCUT2D eigenvalue weighted by atomic mass is 10.2. The van der Waals surface area contributed by atoms with Crippen molar-refractivity contribution < 1.29 is 0 Å². The molecule has 0 spiro atoms. The largest absolute Gasteiger partial charge is 0.349 e. The van der Waals surface area contributed by atoms with Crippen molar-refractivity contribution in [2.24, 2.45) is 0 Å². The van der Waals surface area contributed by atoms with Gasteiger partial charge in [0.1, 0.15) is 0 Å². The molecular formula is C10H8BrN. The van der Waals surface area contributed by atoms with E-state index in [0.29, 0.717) is 0 Å². The van der Waals surface area contributed by atoms with Gasteiger partial charge in [-0.25, -0.2) is 0 Å². The van der Waals surface area contributed by atoms with Gasteiger partial charge in [0.25, 0.3) is 0 Å². The van der Waals surface area contributed by atoms with Crippen LogP contribution in [0.5, 0.6) is 0 Å². The number of anilines is 1. The number of hydrogen-bond acceptors (Lipinski definition) is 1. The normalized spacial score (nSPS) is 14.2. The highest BCUT2D eigenvalue weighted by Crippen LogP contribution is 2.22. The summed E-state index contributed by atoms with van der Waals surface area (Å²) in [4.78, 5) is 0. The molecule has 0 atom stereocenters. The third kappa shape index (κ3) is 1.43. The first-order valence-corrected chi connectivity index (χ1v) is 4.55. The molecule has 1 heterocycles. The highest BCUT2D eigenvalue weighted by Gasteiger charge is 2.00. The minimum atomic E-state index is 0.990. The van der Waals surface area contributed by atoms with Gasteiger partial charge in [-0.3, -0.25) is 0 Å². The van der Waals surface area contributed by atoms with Crippen LogP contribution < -0.4 is 5.32 Å². The Labute approximate surface area is 79.9 Å². The standard InChI is InChI=1S/C10H8BrN/c11-10-7-3-5-8-4-1-2-6-9(8)12-10/h1-7,12H. The van der Waals surface area contributed by atoms with Crippen LogP contribution in [0.15, 0.2) is 41.0 Å². The average molecular weight is 222 g/mol. The number of benzene rings is 1. The molecule has 0 saturated heterocycles. The molecule has 1 aromatic rings. The SMILES string of the molecule is BrC1=CC=Cc2ccccc2N1. The molecule has 1 aliphatic rings. The van der Waals surface area contributed by atoms with Crippen LogP contribution in [0.2, 0.25) is 0 Å². The molecule has 12 heavy (non-hydrogen) atoms. The topological polar surface area (TPSA) is 12.0 Å². The zero-order valence-electron chi connectivity index (χ0n) is 6.42. The molecule has 2 heteroatoms. The van der Waals surface area contributed by atoms with E-state index in [2.05, 4.69) is 39.5 Å². The second kappa shape index (κ2) is 3.15. The number of para-hydroxylation sites is 1. The zero-order chi connectivity index (χ0) is 8.39. The second-order valence-corrected chi connectivity index (χ2v) is 3.44. The van der Waals surface area contributed by atoms with Crippen LogP contribution in [0, 0.1) is 0 Å². The molecule has 0 radical (unpaired) electrons. The van der Waals surface area contributed by atoms with Crippen LogP contribution >= 0.6 is 15.9 Å². The highest BCUT2D eigenvalue weighted by atomic mass is 79.9. The van der Waals surface area contributed by atoms with Crippen molar-refractivity contribution in [1.82, 2.24) is 0 Å². The lowest BCUT2D eigenvalue weighted by Crippen LogP contribution is -1.92. The van der Waals surface area contributed by atoms with E-state index in [9.17, 15) is 0 Å². The Balaban J connectivity index is 2.49. The number of fused-ring (bicyclic) bond motifs is 1. The van der Waals surface area contributed by atoms with E-state index in [1.54, 1.807) is 0 Å². The zero-order valence-corrected chi connectivity index (χ0v) is 8.01. The lowest BCUT2D eigenvalue weighted by Gasteiger charge is -2.05. The summed E-state index contributed by atoms with van der Waals surface area (Å²) in [6, 6.07) is 8.19. The molecule has 0 amide bonds. The van der Waals surface area contributed by atoms with E-state index >= 15 is 0 Å². The Kier molecular flexibility index (Phi) is 2.00. The van der Waals surface area contributed by atoms with E-state index in [1.165, 1.54) is 5.56 Å². The summed E-state index contributed by atoms with van der Waals surface area (Å²) < 4.78 is 0.990. The van der Waals surface area contributed by atoms with E-state index in [4.69, 9.17) is 0 Å². The summed E-state index contributed by atoms with van der Waals surface area (Å²) in [5.74, 6) is 0. The molecule has 0 aromatic heterocycles. The third-order valence-electron chi connectivity index (χ3n) is 1.73. The van der Waals surface area contributed by atoms with Gasteiger partial charge in [-0.2, -0.15) is 0 Å². The second-order valence-electron chi connectivity index (χ2n) is 2.59. The van der Waals surface area contributed by atoms with Crippen molar-refractivity contribution in [1.29, 1.82) is 0 Å². The Hall–Kier alpha value is -1.02. The molecule has 0 saturated carbocycles. The predicted molar refractivity (Wildman–Crippen MR) is 56.1 cm³/mol. The van der Waals surface area contributed by atoms with Crippen LogP contribution in [0.4, 0.5) is 5.69 Å². The molecule has 0 bridgehead atoms. The molecular weight excluding hydrogens is 214 g/mol. The maximum atomic E-state index is 3.41. The Morgan fingerprint density at radius 1 is 1.17 bits per heavy atom. The number of hydrogen-bond donors (Lipinski definition) is 1. The van der Waals surface area contributed by atoms with Crippen LogP contribution in [-0.4, -0.2) is 0 Å². The molecule has 1 aliphatic heterocycles. The first-order valence-electron chi connectivity index (χ1n) is 3.76.